The number of carbonyl (C=O) groups excluding carboxylic acids is 2. The summed E-state index contributed by atoms with van der Waals surface area (Å²) in [6, 6.07) is 8.40. The highest BCUT2D eigenvalue weighted by molar-refractivity contribution is 5.87. The van der Waals surface area contributed by atoms with Crippen molar-refractivity contribution in [3.8, 4) is 0 Å². The SMILES string of the molecule is CC[C@@H](NC(=O)CC1CCCC1)C(=O)N1CCC(c2ccc(C)cc2)CC1. The fourth-order valence-electron chi connectivity index (χ4n) is 4.56. The van der Waals surface area contributed by atoms with Crippen molar-refractivity contribution in [1.82, 2.24) is 10.2 Å². The van der Waals surface area contributed by atoms with E-state index in [1.165, 1.54) is 24.0 Å². The van der Waals surface area contributed by atoms with Crippen LogP contribution in [0.2, 0.25) is 0 Å². The Kier molecular flexibility index (Phi) is 6.92. The Labute approximate surface area is 163 Å². The monoisotopic (exact) mass is 370 g/mol. The van der Waals surface area contributed by atoms with E-state index in [-0.39, 0.29) is 17.9 Å². The lowest BCUT2D eigenvalue weighted by molar-refractivity contribution is -0.137. The minimum Gasteiger partial charge on any atom is -0.344 e. The van der Waals surface area contributed by atoms with Gasteiger partial charge in [0.15, 0.2) is 0 Å². The number of rotatable bonds is 6. The maximum atomic E-state index is 12.9. The molecule has 2 fully saturated rings. The predicted octanol–water partition coefficient (Wildman–Crippen LogP) is 4.18. The molecule has 4 heteroatoms. The standard InChI is InChI=1S/C23H34N2O2/c1-3-21(24-22(26)16-18-6-4-5-7-18)23(27)25-14-12-20(13-15-25)19-10-8-17(2)9-11-19/h8-11,18,20-21H,3-7,12-16H2,1-2H3,(H,24,26)/t21-/m1/s1. The summed E-state index contributed by atoms with van der Waals surface area (Å²) >= 11 is 0. The van der Waals surface area contributed by atoms with Crippen LogP contribution in [-0.4, -0.2) is 35.8 Å². The van der Waals surface area contributed by atoms with Crippen LogP contribution in [0.15, 0.2) is 24.3 Å². The molecular weight excluding hydrogens is 336 g/mol. The maximum Gasteiger partial charge on any atom is 0.245 e. The smallest absolute Gasteiger partial charge is 0.245 e. The Morgan fingerprint density at radius 1 is 1.07 bits per heavy atom. The molecule has 148 valence electrons. The molecule has 1 N–H and O–H groups in total. The molecule has 1 atom stereocenters. The van der Waals surface area contributed by atoms with Gasteiger partial charge in [-0.2, -0.15) is 0 Å². The van der Waals surface area contributed by atoms with Crippen LogP contribution in [0.25, 0.3) is 0 Å². The number of nitrogens with zero attached hydrogens (tertiary/aromatic N) is 1. The summed E-state index contributed by atoms with van der Waals surface area (Å²) < 4.78 is 0. The molecule has 0 bridgehead atoms. The first kappa shape index (κ1) is 19.9. The minimum absolute atomic E-state index is 0.0524. The van der Waals surface area contributed by atoms with Crippen LogP contribution >= 0.6 is 0 Å². The maximum absolute atomic E-state index is 12.9. The first-order chi connectivity index (χ1) is 13.1. The fourth-order valence-corrected chi connectivity index (χ4v) is 4.56. The van der Waals surface area contributed by atoms with Crippen molar-refractivity contribution in [1.29, 1.82) is 0 Å². The number of carbonyl (C=O) groups is 2. The van der Waals surface area contributed by atoms with Crippen molar-refractivity contribution < 1.29 is 9.59 Å². The van der Waals surface area contributed by atoms with E-state index in [0.29, 0.717) is 24.7 Å². The summed E-state index contributed by atoms with van der Waals surface area (Å²) in [5.41, 5.74) is 2.66. The number of nitrogens with one attached hydrogen (secondary N) is 1. The van der Waals surface area contributed by atoms with Gasteiger partial charge in [-0.1, -0.05) is 49.6 Å². The van der Waals surface area contributed by atoms with E-state index >= 15 is 0 Å². The van der Waals surface area contributed by atoms with Crippen molar-refractivity contribution in [2.24, 2.45) is 5.92 Å². The van der Waals surface area contributed by atoms with E-state index in [2.05, 4.69) is 36.5 Å². The number of likely N-dealkylation sites (tertiary alicyclic amines) is 1. The molecule has 0 radical (unpaired) electrons. The van der Waals surface area contributed by atoms with E-state index < -0.39 is 0 Å². The van der Waals surface area contributed by atoms with Gasteiger partial charge in [-0.05, 0) is 56.4 Å². The normalized spacial score (nSPS) is 19.9. The van der Waals surface area contributed by atoms with Crippen LogP contribution in [0.5, 0.6) is 0 Å². The molecule has 3 rings (SSSR count). The van der Waals surface area contributed by atoms with Crippen molar-refractivity contribution in [3.05, 3.63) is 35.4 Å². The minimum atomic E-state index is -0.366. The number of aryl methyl sites for hydroxylation is 1. The van der Waals surface area contributed by atoms with E-state index in [9.17, 15) is 9.59 Å². The first-order valence-corrected chi connectivity index (χ1v) is 10.7. The van der Waals surface area contributed by atoms with Crippen molar-refractivity contribution in [2.75, 3.05) is 13.1 Å². The fraction of sp³-hybridized carbons (Fsp3) is 0.652. The number of amides is 2. The van der Waals surface area contributed by atoms with Crippen LogP contribution < -0.4 is 5.32 Å². The molecule has 4 nitrogen and oxygen atoms in total. The molecule has 1 heterocycles. The van der Waals surface area contributed by atoms with E-state index in [1.54, 1.807) is 0 Å². The van der Waals surface area contributed by atoms with Crippen LogP contribution in [-0.2, 0) is 9.59 Å². The summed E-state index contributed by atoms with van der Waals surface area (Å²) in [6.45, 7) is 5.66. The molecule has 2 aliphatic rings. The molecule has 1 aliphatic heterocycles. The van der Waals surface area contributed by atoms with Crippen LogP contribution in [0.3, 0.4) is 0 Å². The zero-order chi connectivity index (χ0) is 19.2. The number of hydrogen-bond acceptors (Lipinski definition) is 2. The Bertz CT molecular complexity index is 626. The zero-order valence-corrected chi connectivity index (χ0v) is 16.9. The van der Waals surface area contributed by atoms with E-state index in [1.807, 2.05) is 11.8 Å². The van der Waals surface area contributed by atoms with Crippen LogP contribution in [0, 0.1) is 12.8 Å². The summed E-state index contributed by atoms with van der Waals surface area (Å²) in [5, 5.41) is 3.01. The molecule has 27 heavy (non-hydrogen) atoms. The largest absolute Gasteiger partial charge is 0.344 e. The highest BCUT2D eigenvalue weighted by Crippen LogP contribution is 2.29. The number of benzene rings is 1. The Hall–Kier alpha value is -1.84. The summed E-state index contributed by atoms with van der Waals surface area (Å²) in [5.74, 6) is 1.20. The molecule has 1 saturated carbocycles. The van der Waals surface area contributed by atoms with Gasteiger partial charge in [-0.3, -0.25) is 9.59 Å². The summed E-state index contributed by atoms with van der Waals surface area (Å²) in [7, 11) is 0. The van der Waals surface area contributed by atoms with Gasteiger partial charge in [0.2, 0.25) is 11.8 Å². The molecule has 0 spiro atoms. The predicted molar refractivity (Wildman–Crippen MR) is 109 cm³/mol. The average Bonchev–Trinajstić information content (AvgIpc) is 3.19. The third kappa shape index (κ3) is 5.33. The highest BCUT2D eigenvalue weighted by atomic mass is 16.2. The van der Waals surface area contributed by atoms with Gasteiger partial charge in [0.25, 0.3) is 0 Å². The van der Waals surface area contributed by atoms with Gasteiger partial charge in [0.05, 0.1) is 0 Å². The lowest BCUT2D eigenvalue weighted by atomic mass is 9.89. The molecular formula is C23H34N2O2. The molecule has 0 aromatic heterocycles. The van der Waals surface area contributed by atoms with Crippen LogP contribution in [0.4, 0.5) is 0 Å². The second-order valence-corrected chi connectivity index (χ2v) is 8.39. The van der Waals surface area contributed by atoms with Crippen molar-refractivity contribution in [2.45, 2.75) is 77.2 Å². The third-order valence-corrected chi connectivity index (χ3v) is 6.35. The topological polar surface area (TPSA) is 49.4 Å². The van der Waals surface area contributed by atoms with Gasteiger partial charge in [-0.15, -0.1) is 0 Å². The lowest BCUT2D eigenvalue weighted by Crippen LogP contribution is -2.50. The van der Waals surface area contributed by atoms with Crippen LogP contribution in [0.1, 0.15) is 75.3 Å². The lowest BCUT2D eigenvalue weighted by Gasteiger charge is -2.34. The number of piperidine rings is 1. The second kappa shape index (κ2) is 9.38. The van der Waals surface area contributed by atoms with Gasteiger partial charge in [0.1, 0.15) is 6.04 Å². The third-order valence-electron chi connectivity index (χ3n) is 6.35. The van der Waals surface area contributed by atoms with Gasteiger partial charge in [-0.25, -0.2) is 0 Å². The zero-order valence-electron chi connectivity index (χ0n) is 16.9. The van der Waals surface area contributed by atoms with Crippen molar-refractivity contribution in [3.63, 3.8) is 0 Å². The molecule has 0 unspecified atom stereocenters. The Balaban J connectivity index is 1.49. The average molecular weight is 371 g/mol. The highest BCUT2D eigenvalue weighted by Gasteiger charge is 2.29. The van der Waals surface area contributed by atoms with Gasteiger partial charge >= 0.3 is 0 Å². The quantitative estimate of drug-likeness (QED) is 0.817. The Morgan fingerprint density at radius 3 is 2.30 bits per heavy atom. The Morgan fingerprint density at radius 2 is 1.70 bits per heavy atom. The molecule has 1 aromatic carbocycles. The van der Waals surface area contributed by atoms with Gasteiger partial charge < -0.3 is 10.2 Å². The molecule has 1 saturated heterocycles. The molecule has 2 amide bonds. The number of hydrogen-bond donors (Lipinski definition) is 1. The van der Waals surface area contributed by atoms with Crippen molar-refractivity contribution >= 4 is 11.8 Å². The molecule has 1 aromatic rings. The first-order valence-electron chi connectivity index (χ1n) is 10.7. The molecule has 1 aliphatic carbocycles. The summed E-state index contributed by atoms with van der Waals surface area (Å²) in [4.78, 5) is 27.2. The van der Waals surface area contributed by atoms with E-state index in [0.717, 1.165) is 38.8 Å². The van der Waals surface area contributed by atoms with E-state index in [4.69, 9.17) is 0 Å². The summed E-state index contributed by atoms with van der Waals surface area (Å²) in [6.07, 6.45) is 8.04. The second-order valence-electron chi connectivity index (χ2n) is 8.39. The van der Waals surface area contributed by atoms with Gasteiger partial charge in [0, 0.05) is 19.5 Å².